The molecule has 1 fully saturated rings. The van der Waals surface area contributed by atoms with Crippen molar-refractivity contribution in [3.63, 3.8) is 0 Å². The molecule has 4 rings (SSSR count). The fraction of sp³-hybridized carbons (Fsp3) is 0.160. The van der Waals surface area contributed by atoms with Crippen LogP contribution in [0.25, 0.3) is 0 Å². The number of ether oxygens (including phenoxy) is 2. The van der Waals surface area contributed by atoms with E-state index in [4.69, 9.17) is 9.47 Å². The van der Waals surface area contributed by atoms with E-state index in [0.717, 1.165) is 17.0 Å². The number of hydrogen-bond donors (Lipinski definition) is 1. The summed E-state index contributed by atoms with van der Waals surface area (Å²) in [6.45, 7) is -0.482. The van der Waals surface area contributed by atoms with Gasteiger partial charge < -0.3 is 14.8 Å². The van der Waals surface area contributed by atoms with Gasteiger partial charge in [0.1, 0.15) is 17.3 Å². The molecule has 0 spiro atoms. The normalized spacial score (nSPS) is 14.7. The predicted octanol–water partition coefficient (Wildman–Crippen LogP) is 3.52. The summed E-state index contributed by atoms with van der Waals surface area (Å²) in [5, 5.41) is 2.78. The van der Waals surface area contributed by atoms with Crippen LogP contribution in [-0.4, -0.2) is 43.4 Å². The van der Waals surface area contributed by atoms with E-state index in [9.17, 15) is 18.8 Å². The van der Waals surface area contributed by atoms with E-state index in [2.05, 4.69) is 5.32 Å². The molecule has 0 atom stereocenters. The molecule has 0 bridgehead atoms. The third kappa shape index (κ3) is 3.91. The number of nitrogens with one attached hydrogen (secondary N) is 1. The summed E-state index contributed by atoms with van der Waals surface area (Å²) in [7, 11) is 3.05. The fourth-order valence-electron chi connectivity index (χ4n) is 3.83. The van der Waals surface area contributed by atoms with E-state index in [0.29, 0.717) is 22.6 Å². The van der Waals surface area contributed by atoms with E-state index in [1.165, 1.54) is 26.4 Å². The fourth-order valence-corrected chi connectivity index (χ4v) is 3.83. The van der Waals surface area contributed by atoms with Crippen LogP contribution in [0.15, 0.2) is 72.8 Å². The van der Waals surface area contributed by atoms with Crippen molar-refractivity contribution in [1.29, 1.82) is 0 Å². The number of amides is 3. The molecule has 33 heavy (non-hydrogen) atoms. The average Bonchev–Trinajstić information content (AvgIpc) is 3.10. The van der Waals surface area contributed by atoms with Crippen molar-refractivity contribution in [2.75, 3.05) is 20.8 Å². The zero-order valence-corrected chi connectivity index (χ0v) is 18.0. The van der Waals surface area contributed by atoms with Gasteiger partial charge in [-0.05, 0) is 59.7 Å². The largest absolute Gasteiger partial charge is 0.497 e. The van der Waals surface area contributed by atoms with Crippen LogP contribution in [0, 0.1) is 5.82 Å². The highest BCUT2D eigenvalue weighted by Gasteiger charge is 2.54. The molecule has 3 aromatic rings. The van der Waals surface area contributed by atoms with Crippen LogP contribution in [0.5, 0.6) is 11.5 Å². The molecular weight excluding hydrogens is 427 g/mol. The summed E-state index contributed by atoms with van der Waals surface area (Å²) in [5.41, 5.74) is -0.339. The first-order chi connectivity index (χ1) is 15.9. The number of carbonyl (C=O) groups excluding carboxylic acids is 3. The van der Waals surface area contributed by atoms with Crippen LogP contribution in [0.1, 0.15) is 21.5 Å². The lowest BCUT2D eigenvalue weighted by Gasteiger charge is -2.28. The molecule has 0 aliphatic carbocycles. The monoisotopic (exact) mass is 448 g/mol. The number of nitrogens with zero attached hydrogens (tertiary/aromatic N) is 1. The molecule has 1 saturated heterocycles. The van der Waals surface area contributed by atoms with Crippen LogP contribution < -0.4 is 14.8 Å². The number of Topliss-reactive ketones (excluding diaryl/α,β-unsaturated/α-hetero) is 1. The van der Waals surface area contributed by atoms with Gasteiger partial charge >= 0.3 is 6.03 Å². The number of hydrogen-bond acceptors (Lipinski definition) is 5. The van der Waals surface area contributed by atoms with Crippen molar-refractivity contribution in [2.24, 2.45) is 0 Å². The highest BCUT2D eigenvalue weighted by Crippen LogP contribution is 2.37. The Kier molecular flexibility index (Phi) is 5.83. The maximum Gasteiger partial charge on any atom is 0.325 e. The molecular formula is C25H21FN2O5. The quantitative estimate of drug-likeness (QED) is 0.442. The van der Waals surface area contributed by atoms with Crippen molar-refractivity contribution >= 4 is 17.7 Å². The summed E-state index contributed by atoms with van der Waals surface area (Å²) in [6.07, 6.45) is 0. The molecule has 1 N–H and O–H groups in total. The summed E-state index contributed by atoms with van der Waals surface area (Å²) in [4.78, 5) is 40.3. The first-order valence-corrected chi connectivity index (χ1v) is 10.1. The number of carbonyl (C=O) groups is 3. The van der Waals surface area contributed by atoms with Crippen LogP contribution in [-0.2, 0) is 10.3 Å². The first kappa shape index (κ1) is 22.0. The minimum absolute atomic E-state index is 0.198. The zero-order chi connectivity index (χ0) is 23.6. The smallest absolute Gasteiger partial charge is 0.325 e. The summed E-state index contributed by atoms with van der Waals surface area (Å²) < 4.78 is 23.6. The van der Waals surface area contributed by atoms with Crippen LogP contribution in [0.4, 0.5) is 9.18 Å². The number of benzene rings is 3. The van der Waals surface area contributed by atoms with Crippen molar-refractivity contribution < 1.29 is 28.2 Å². The molecule has 0 unspecified atom stereocenters. The third-order valence-corrected chi connectivity index (χ3v) is 5.62. The summed E-state index contributed by atoms with van der Waals surface area (Å²) in [6, 6.07) is 17.7. The van der Waals surface area contributed by atoms with E-state index in [1.807, 2.05) is 0 Å². The van der Waals surface area contributed by atoms with Gasteiger partial charge in [-0.1, -0.05) is 24.3 Å². The van der Waals surface area contributed by atoms with Gasteiger partial charge in [0.2, 0.25) is 0 Å². The van der Waals surface area contributed by atoms with Gasteiger partial charge in [-0.25, -0.2) is 9.18 Å². The van der Waals surface area contributed by atoms with E-state index >= 15 is 0 Å². The van der Waals surface area contributed by atoms with Gasteiger partial charge in [-0.3, -0.25) is 14.5 Å². The highest BCUT2D eigenvalue weighted by atomic mass is 19.1. The van der Waals surface area contributed by atoms with Gasteiger partial charge in [0.15, 0.2) is 11.3 Å². The second-order valence-electron chi connectivity index (χ2n) is 7.46. The molecule has 168 valence electrons. The Morgan fingerprint density at radius 3 is 1.79 bits per heavy atom. The van der Waals surface area contributed by atoms with Gasteiger partial charge in [-0.15, -0.1) is 0 Å². The van der Waals surface area contributed by atoms with Gasteiger partial charge in [-0.2, -0.15) is 0 Å². The minimum Gasteiger partial charge on any atom is -0.497 e. The molecule has 3 amide bonds. The molecule has 0 radical (unpaired) electrons. The number of imide groups is 1. The molecule has 1 heterocycles. The number of rotatable bonds is 7. The van der Waals surface area contributed by atoms with Crippen molar-refractivity contribution in [2.45, 2.75) is 5.54 Å². The Labute approximate surface area is 189 Å². The maximum atomic E-state index is 13.7. The molecule has 3 aromatic carbocycles. The topological polar surface area (TPSA) is 84.9 Å². The van der Waals surface area contributed by atoms with E-state index in [1.54, 1.807) is 48.5 Å². The Morgan fingerprint density at radius 2 is 1.33 bits per heavy atom. The Bertz CT molecular complexity index is 1140. The maximum absolute atomic E-state index is 13.7. The number of urea groups is 1. The first-order valence-electron chi connectivity index (χ1n) is 10.1. The van der Waals surface area contributed by atoms with Crippen LogP contribution in [0.2, 0.25) is 0 Å². The van der Waals surface area contributed by atoms with Crippen molar-refractivity contribution in [1.82, 2.24) is 10.2 Å². The molecule has 0 aromatic heterocycles. The molecule has 7 nitrogen and oxygen atoms in total. The Balaban J connectivity index is 1.74. The molecule has 1 aliphatic rings. The standard InChI is InChI=1S/C25H21FN2O5/c1-32-20-11-5-17(6-12-20)25(18-7-13-21(33-2)14-8-18)23(30)28(24(31)27-25)15-22(29)16-3-9-19(26)10-4-16/h3-14H,15H2,1-2H3,(H,27,31). The minimum atomic E-state index is -1.54. The third-order valence-electron chi connectivity index (χ3n) is 5.62. The number of halogens is 1. The summed E-state index contributed by atoms with van der Waals surface area (Å²) >= 11 is 0. The van der Waals surface area contributed by atoms with E-state index in [-0.39, 0.29) is 5.56 Å². The lowest BCUT2D eigenvalue weighted by Crippen LogP contribution is -2.45. The van der Waals surface area contributed by atoms with E-state index < -0.39 is 35.6 Å². The van der Waals surface area contributed by atoms with Crippen molar-refractivity contribution in [3.05, 3.63) is 95.3 Å². The number of ketones is 1. The Hall–Kier alpha value is -4.20. The average molecular weight is 448 g/mol. The van der Waals surface area contributed by atoms with Crippen LogP contribution in [0.3, 0.4) is 0 Å². The second kappa shape index (κ2) is 8.74. The lowest BCUT2D eigenvalue weighted by molar-refractivity contribution is -0.129. The van der Waals surface area contributed by atoms with Gasteiger partial charge in [0, 0.05) is 5.56 Å². The van der Waals surface area contributed by atoms with Gasteiger partial charge in [0.05, 0.1) is 20.8 Å². The SMILES string of the molecule is COc1ccc(C2(c3ccc(OC)cc3)NC(=O)N(CC(=O)c3ccc(F)cc3)C2=O)cc1. The molecule has 1 aliphatic heterocycles. The molecule has 8 heteroatoms. The van der Waals surface area contributed by atoms with Crippen molar-refractivity contribution in [3.8, 4) is 11.5 Å². The highest BCUT2D eigenvalue weighted by molar-refractivity contribution is 6.13. The van der Waals surface area contributed by atoms with Gasteiger partial charge in [0.25, 0.3) is 5.91 Å². The summed E-state index contributed by atoms with van der Waals surface area (Å²) in [5.74, 6) is -0.399. The van der Waals surface area contributed by atoms with Crippen LogP contribution >= 0.6 is 0 Å². The zero-order valence-electron chi connectivity index (χ0n) is 18.0. The predicted molar refractivity (Wildman–Crippen MR) is 118 cm³/mol. The molecule has 0 saturated carbocycles. The Morgan fingerprint density at radius 1 is 0.848 bits per heavy atom. The lowest BCUT2D eigenvalue weighted by atomic mass is 9.82. The number of methoxy groups -OCH3 is 2. The second-order valence-corrected chi connectivity index (χ2v) is 7.46.